The number of ether oxygens (including phenoxy) is 2. The second-order valence-corrected chi connectivity index (χ2v) is 5.13. The highest BCUT2D eigenvalue weighted by Gasteiger charge is 2.27. The molecule has 100 valence electrons. The maximum atomic E-state index is 8.92. The molecule has 4 nitrogen and oxygen atoms in total. The zero-order chi connectivity index (χ0) is 13.2. The van der Waals surface area contributed by atoms with Crippen LogP contribution in [0.3, 0.4) is 0 Å². The molecular weight excluding hydrogens is 230 g/mol. The fourth-order valence-electron chi connectivity index (χ4n) is 2.08. The second-order valence-electron chi connectivity index (χ2n) is 5.13. The molecule has 0 saturated heterocycles. The van der Waals surface area contributed by atoms with E-state index in [1.54, 1.807) is 0 Å². The molecule has 0 aromatic heterocycles. The lowest BCUT2D eigenvalue weighted by Gasteiger charge is -2.36. The normalized spacial score (nSPS) is 14.3. The Kier molecular flexibility index (Phi) is 3.78. The Labute approximate surface area is 108 Å². The number of nitrogens with zero attached hydrogens (tertiary/aromatic N) is 1. The highest BCUT2D eigenvalue weighted by molar-refractivity contribution is 5.46. The van der Waals surface area contributed by atoms with E-state index in [-0.39, 0.29) is 12.1 Å². The van der Waals surface area contributed by atoms with Gasteiger partial charge >= 0.3 is 0 Å². The zero-order valence-electron chi connectivity index (χ0n) is 11.3. The minimum atomic E-state index is -0.101. The van der Waals surface area contributed by atoms with Crippen molar-refractivity contribution in [3.63, 3.8) is 0 Å². The largest absolute Gasteiger partial charge is 0.454 e. The van der Waals surface area contributed by atoms with Crippen LogP contribution in [0.2, 0.25) is 0 Å². The van der Waals surface area contributed by atoms with Crippen LogP contribution in [0.25, 0.3) is 0 Å². The summed E-state index contributed by atoms with van der Waals surface area (Å²) in [7, 11) is 2.07. The first-order valence-corrected chi connectivity index (χ1v) is 6.28. The van der Waals surface area contributed by atoms with Crippen molar-refractivity contribution >= 4 is 0 Å². The standard InChI is InChI=1S/C14H21NO3/c1-14(2,15(3)7-4-8-16)11-5-6-12-13(9-11)18-10-17-12/h5-6,9,16H,4,7-8,10H2,1-3H3. The van der Waals surface area contributed by atoms with Crippen molar-refractivity contribution in [3.8, 4) is 11.5 Å². The van der Waals surface area contributed by atoms with E-state index in [1.807, 2.05) is 12.1 Å². The molecule has 0 amide bonds. The maximum absolute atomic E-state index is 8.92. The average Bonchev–Trinajstić information content (AvgIpc) is 2.82. The molecule has 1 aliphatic rings. The van der Waals surface area contributed by atoms with Gasteiger partial charge in [-0.1, -0.05) is 6.07 Å². The minimum absolute atomic E-state index is 0.101. The Hall–Kier alpha value is -1.26. The maximum Gasteiger partial charge on any atom is 0.231 e. The predicted molar refractivity (Wildman–Crippen MR) is 69.9 cm³/mol. The summed E-state index contributed by atoms with van der Waals surface area (Å²) in [5, 5.41) is 8.92. The number of rotatable bonds is 5. The fraction of sp³-hybridized carbons (Fsp3) is 0.571. The molecule has 1 aliphatic heterocycles. The van der Waals surface area contributed by atoms with Gasteiger partial charge in [-0.05, 0) is 45.0 Å². The van der Waals surface area contributed by atoms with Gasteiger partial charge in [0.05, 0.1) is 0 Å². The quantitative estimate of drug-likeness (QED) is 0.868. The lowest BCUT2D eigenvalue weighted by Crippen LogP contribution is -2.39. The lowest BCUT2D eigenvalue weighted by molar-refractivity contribution is 0.141. The Balaban J connectivity index is 2.18. The summed E-state index contributed by atoms with van der Waals surface area (Å²) in [6.45, 7) is 5.73. The minimum Gasteiger partial charge on any atom is -0.454 e. The first-order chi connectivity index (χ1) is 8.55. The molecule has 1 N–H and O–H groups in total. The molecular formula is C14H21NO3. The van der Waals surface area contributed by atoms with Crippen LogP contribution in [0.5, 0.6) is 11.5 Å². The van der Waals surface area contributed by atoms with E-state index in [0.29, 0.717) is 6.79 Å². The summed E-state index contributed by atoms with van der Waals surface area (Å²) in [6, 6.07) is 6.07. The molecule has 0 aliphatic carbocycles. The zero-order valence-corrected chi connectivity index (χ0v) is 11.3. The van der Waals surface area contributed by atoms with Gasteiger partial charge in [0, 0.05) is 18.7 Å². The summed E-state index contributed by atoms with van der Waals surface area (Å²) >= 11 is 0. The molecule has 0 unspecified atom stereocenters. The molecule has 18 heavy (non-hydrogen) atoms. The third kappa shape index (κ3) is 2.44. The predicted octanol–water partition coefficient (Wildman–Crippen LogP) is 1.96. The number of hydrogen-bond acceptors (Lipinski definition) is 4. The van der Waals surface area contributed by atoms with E-state index in [9.17, 15) is 0 Å². The van der Waals surface area contributed by atoms with E-state index in [1.165, 1.54) is 5.56 Å². The van der Waals surface area contributed by atoms with Gasteiger partial charge in [0.25, 0.3) is 0 Å². The first kappa shape index (κ1) is 13.2. The van der Waals surface area contributed by atoms with E-state index < -0.39 is 0 Å². The Bertz CT molecular complexity index is 418. The summed E-state index contributed by atoms with van der Waals surface area (Å²) < 4.78 is 10.7. The summed E-state index contributed by atoms with van der Waals surface area (Å²) in [5.41, 5.74) is 1.09. The van der Waals surface area contributed by atoms with Crippen LogP contribution in [-0.2, 0) is 5.54 Å². The molecule has 0 fully saturated rings. The van der Waals surface area contributed by atoms with Crippen LogP contribution >= 0.6 is 0 Å². The molecule has 0 bridgehead atoms. The second kappa shape index (κ2) is 5.16. The molecule has 2 rings (SSSR count). The van der Waals surface area contributed by atoms with Gasteiger partial charge in [-0.3, -0.25) is 4.90 Å². The molecule has 4 heteroatoms. The molecule has 0 atom stereocenters. The van der Waals surface area contributed by atoms with Crippen molar-refractivity contribution in [1.82, 2.24) is 4.90 Å². The summed E-state index contributed by atoms with van der Waals surface area (Å²) in [4.78, 5) is 2.24. The van der Waals surface area contributed by atoms with Gasteiger partial charge in [0.1, 0.15) is 0 Å². The van der Waals surface area contributed by atoms with Crippen molar-refractivity contribution in [1.29, 1.82) is 0 Å². The van der Waals surface area contributed by atoms with Crippen LogP contribution in [0, 0.1) is 0 Å². The topological polar surface area (TPSA) is 41.9 Å². The Morgan fingerprint density at radius 3 is 2.72 bits per heavy atom. The summed E-state index contributed by atoms with van der Waals surface area (Å²) in [6.07, 6.45) is 0.782. The van der Waals surface area contributed by atoms with Gasteiger partial charge in [0.15, 0.2) is 11.5 Å². The number of fused-ring (bicyclic) bond motifs is 1. The van der Waals surface area contributed by atoms with Crippen molar-refractivity contribution in [3.05, 3.63) is 23.8 Å². The van der Waals surface area contributed by atoms with Gasteiger partial charge < -0.3 is 14.6 Å². The fourth-order valence-corrected chi connectivity index (χ4v) is 2.08. The smallest absolute Gasteiger partial charge is 0.231 e. The third-order valence-corrected chi connectivity index (χ3v) is 3.68. The number of hydrogen-bond donors (Lipinski definition) is 1. The number of benzene rings is 1. The van der Waals surface area contributed by atoms with Crippen molar-refractivity contribution < 1.29 is 14.6 Å². The van der Waals surface area contributed by atoms with Gasteiger partial charge in [-0.2, -0.15) is 0 Å². The van der Waals surface area contributed by atoms with Gasteiger partial charge in [-0.25, -0.2) is 0 Å². The Morgan fingerprint density at radius 1 is 1.28 bits per heavy atom. The number of aliphatic hydroxyl groups excluding tert-OH is 1. The van der Waals surface area contributed by atoms with Crippen molar-refractivity contribution in [2.45, 2.75) is 25.8 Å². The van der Waals surface area contributed by atoms with Crippen LogP contribution in [0.4, 0.5) is 0 Å². The van der Waals surface area contributed by atoms with Gasteiger partial charge in [0.2, 0.25) is 6.79 Å². The van der Waals surface area contributed by atoms with E-state index >= 15 is 0 Å². The molecule has 1 aromatic carbocycles. The third-order valence-electron chi connectivity index (χ3n) is 3.68. The Morgan fingerprint density at radius 2 is 2.00 bits per heavy atom. The molecule has 0 radical (unpaired) electrons. The highest BCUT2D eigenvalue weighted by atomic mass is 16.7. The van der Waals surface area contributed by atoms with Gasteiger partial charge in [-0.15, -0.1) is 0 Å². The molecule has 0 saturated carbocycles. The van der Waals surface area contributed by atoms with E-state index in [2.05, 4.69) is 31.9 Å². The highest BCUT2D eigenvalue weighted by Crippen LogP contribution is 2.37. The lowest BCUT2D eigenvalue weighted by atomic mass is 9.92. The van der Waals surface area contributed by atoms with Crippen LogP contribution in [0.1, 0.15) is 25.8 Å². The average molecular weight is 251 g/mol. The SMILES string of the molecule is CN(CCCO)C(C)(C)c1ccc2c(c1)OCO2. The molecule has 0 spiro atoms. The first-order valence-electron chi connectivity index (χ1n) is 6.28. The van der Waals surface area contributed by atoms with E-state index in [4.69, 9.17) is 14.6 Å². The molecule has 1 aromatic rings. The molecule has 1 heterocycles. The monoisotopic (exact) mass is 251 g/mol. The van der Waals surface area contributed by atoms with E-state index in [0.717, 1.165) is 24.5 Å². The van der Waals surface area contributed by atoms with Crippen LogP contribution in [0.15, 0.2) is 18.2 Å². The summed E-state index contributed by atoms with van der Waals surface area (Å²) in [5.74, 6) is 1.63. The van der Waals surface area contributed by atoms with Crippen LogP contribution in [-0.4, -0.2) is 37.0 Å². The van der Waals surface area contributed by atoms with Crippen molar-refractivity contribution in [2.24, 2.45) is 0 Å². The van der Waals surface area contributed by atoms with Crippen LogP contribution < -0.4 is 9.47 Å². The number of aliphatic hydroxyl groups is 1. The van der Waals surface area contributed by atoms with Crippen molar-refractivity contribution in [2.75, 3.05) is 27.0 Å².